The Labute approximate surface area is 145 Å². The van der Waals surface area contributed by atoms with Crippen molar-refractivity contribution in [3.8, 4) is 10.6 Å². The fraction of sp³-hybridized carbons (Fsp3) is 0.133. The number of hydrogen-bond donors (Lipinski definition) is 1. The zero-order valence-corrected chi connectivity index (χ0v) is 14.6. The summed E-state index contributed by atoms with van der Waals surface area (Å²) in [6, 6.07) is 6.83. The van der Waals surface area contributed by atoms with Crippen LogP contribution in [0.15, 0.2) is 45.3 Å². The summed E-state index contributed by atoms with van der Waals surface area (Å²) in [7, 11) is -3.52. The minimum absolute atomic E-state index is 0.156. The van der Waals surface area contributed by atoms with Crippen LogP contribution >= 0.6 is 22.7 Å². The molecule has 4 nitrogen and oxygen atoms in total. The third-order valence-corrected chi connectivity index (χ3v) is 6.93. The van der Waals surface area contributed by atoms with E-state index in [-0.39, 0.29) is 21.3 Å². The lowest BCUT2D eigenvalue weighted by molar-refractivity contribution is 0.583. The smallest absolute Gasteiger partial charge is 0.241 e. The number of thiazole rings is 1. The maximum atomic E-state index is 13.7. The van der Waals surface area contributed by atoms with E-state index in [1.807, 2.05) is 0 Å². The molecule has 3 rings (SSSR count). The standard InChI is InChI=1S/C15H12F2N2O2S3/c16-11-3-1-4-12(17)14(11)15-19-10(9-23-15)6-7-18-24(20,21)13-5-2-8-22-13/h1-5,8-9,18H,6-7H2. The molecular weight excluding hydrogens is 374 g/mol. The highest BCUT2D eigenvalue weighted by molar-refractivity contribution is 7.91. The number of halogens is 2. The van der Waals surface area contributed by atoms with Gasteiger partial charge in [0.2, 0.25) is 10.0 Å². The molecule has 0 unspecified atom stereocenters. The average Bonchev–Trinajstić information content (AvgIpc) is 3.19. The van der Waals surface area contributed by atoms with E-state index in [0.717, 1.165) is 22.7 Å². The number of hydrogen-bond acceptors (Lipinski definition) is 5. The van der Waals surface area contributed by atoms with Crippen molar-refractivity contribution in [3.63, 3.8) is 0 Å². The van der Waals surface area contributed by atoms with Gasteiger partial charge in [-0.05, 0) is 23.6 Å². The van der Waals surface area contributed by atoms with E-state index in [0.29, 0.717) is 12.1 Å². The van der Waals surface area contributed by atoms with Crippen molar-refractivity contribution in [2.24, 2.45) is 0 Å². The van der Waals surface area contributed by atoms with Crippen molar-refractivity contribution in [2.75, 3.05) is 6.54 Å². The zero-order chi connectivity index (χ0) is 17.2. The van der Waals surface area contributed by atoms with Crippen molar-refractivity contribution >= 4 is 32.7 Å². The van der Waals surface area contributed by atoms with Gasteiger partial charge in [-0.25, -0.2) is 26.9 Å². The maximum Gasteiger partial charge on any atom is 0.250 e. The third-order valence-electron chi connectivity index (χ3n) is 3.16. The highest BCUT2D eigenvalue weighted by Crippen LogP contribution is 2.29. The first-order valence-electron chi connectivity index (χ1n) is 6.89. The van der Waals surface area contributed by atoms with Gasteiger partial charge in [-0.15, -0.1) is 22.7 Å². The molecule has 0 amide bonds. The summed E-state index contributed by atoms with van der Waals surface area (Å²) in [5, 5.41) is 3.59. The van der Waals surface area contributed by atoms with Crippen molar-refractivity contribution in [3.05, 3.63) is 58.4 Å². The first-order valence-corrected chi connectivity index (χ1v) is 10.1. The van der Waals surface area contributed by atoms with E-state index in [4.69, 9.17) is 0 Å². The molecular formula is C15H12F2N2O2S3. The molecule has 0 fully saturated rings. The summed E-state index contributed by atoms with van der Waals surface area (Å²) < 4.78 is 54.2. The predicted octanol–water partition coefficient (Wildman–Crippen LogP) is 3.67. The van der Waals surface area contributed by atoms with Gasteiger partial charge in [-0.1, -0.05) is 12.1 Å². The molecule has 0 radical (unpaired) electrons. The maximum absolute atomic E-state index is 13.7. The molecule has 0 aliphatic heterocycles. The van der Waals surface area contributed by atoms with Crippen LogP contribution in [0.5, 0.6) is 0 Å². The van der Waals surface area contributed by atoms with Gasteiger partial charge in [0.1, 0.15) is 20.9 Å². The fourth-order valence-electron chi connectivity index (χ4n) is 2.04. The highest BCUT2D eigenvalue weighted by atomic mass is 32.2. The number of thiophene rings is 1. The summed E-state index contributed by atoms with van der Waals surface area (Å²) in [6.45, 7) is 0.156. The second-order valence-electron chi connectivity index (χ2n) is 4.82. The lowest BCUT2D eigenvalue weighted by Crippen LogP contribution is -2.25. The van der Waals surface area contributed by atoms with Crippen LogP contribution in [0.2, 0.25) is 0 Å². The largest absolute Gasteiger partial charge is 0.250 e. The van der Waals surface area contributed by atoms with Gasteiger partial charge in [0, 0.05) is 18.3 Å². The van der Waals surface area contributed by atoms with E-state index in [2.05, 4.69) is 9.71 Å². The second-order valence-corrected chi connectivity index (χ2v) is 8.62. The molecule has 1 aromatic carbocycles. The monoisotopic (exact) mass is 386 g/mol. The Morgan fingerprint density at radius 1 is 1.08 bits per heavy atom. The number of rotatable bonds is 6. The van der Waals surface area contributed by atoms with Crippen LogP contribution in [0.4, 0.5) is 8.78 Å². The second kappa shape index (κ2) is 7.06. The number of sulfonamides is 1. The number of nitrogens with zero attached hydrogens (tertiary/aromatic N) is 1. The lowest BCUT2D eigenvalue weighted by atomic mass is 10.2. The van der Waals surface area contributed by atoms with Gasteiger partial charge < -0.3 is 0 Å². The summed E-state index contributed by atoms with van der Waals surface area (Å²) >= 11 is 2.25. The zero-order valence-electron chi connectivity index (χ0n) is 12.2. The lowest BCUT2D eigenvalue weighted by Gasteiger charge is -2.03. The van der Waals surface area contributed by atoms with E-state index >= 15 is 0 Å². The van der Waals surface area contributed by atoms with Crippen LogP contribution in [-0.2, 0) is 16.4 Å². The molecule has 2 aromatic heterocycles. The molecule has 0 bridgehead atoms. The van der Waals surface area contributed by atoms with Gasteiger partial charge >= 0.3 is 0 Å². The number of nitrogens with one attached hydrogen (secondary N) is 1. The van der Waals surface area contributed by atoms with E-state index in [9.17, 15) is 17.2 Å². The van der Waals surface area contributed by atoms with Crippen molar-refractivity contribution in [2.45, 2.75) is 10.6 Å². The summed E-state index contributed by atoms with van der Waals surface area (Å²) in [6.07, 6.45) is 0.331. The molecule has 0 aliphatic carbocycles. The Hall–Kier alpha value is -1.68. The molecule has 24 heavy (non-hydrogen) atoms. The van der Waals surface area contributed by atoms with Gasteiger partial charge in [-0.2, -0.15) is 0 Å². The molecule has 0 aliphatic rings. The van der Waals surface area contributed by atoms with Crippen LogP contribution in [-0.4, -0.2) is 19.9 Å². The van der Waals surface area contributed by atoms with Crippen LogP contribution in [0.1, 0.15) is 5.69 Å². The van der Waals surface area contributed by atoms with Crippen LogP contribution in [0, 0.1) is 11.6 Å². The SMILES string of the molecule is O=S(=O)(NCCc1csc(-c2c(F)cccc2F)n1)c1cccs1. The van der Waals surface area contributed by atoms with Gasteiger partial charge in [0.15, 0.2) is 0 Å². The predicted molar refractivity (Wildman–Crippen MR) is 90.7 cm³/mol. The number of benzene rings is 1. The third kappa shape index (κ3) is 3.69. The molecule has 0 atom stereocenters. The normalized spacial score (nSPS) is 11.8. The Morgan fingerprint density at radius 3 is 2.50 bits per heavy atom. The van der Waals surface area contributed by atoms with E-state index in [1.54, 1.807) is 16.8 Å². The first-order chi connectivity index (χ1) is 11.5. The number of aromatic nitrogens is 1. The van der Waals surface area contributed by atoms with Crippen molar-refractivity contribution in [1.29, 1.82) is 0 Å². The average molecular weight is 386 g/mol. The van der Waals surface area contributed by atoms with Crippen molar-refractivity contribution < 1.29 is 17.2 Å². The molecule has 1 N–H and O–H groups in total. The summed E-state index contributed by atoms with van der Waals surface area (Å²) in [5.41, 5.74) is 0.416. The van der Waals surface area contributed by atoms with Crippen molar-refractivity contribution in [1.82, 2.24) is 9.71 Å². The van der Waals surface area contributed by atoms with Crippen LogP contribution in [0.25, 0.3) is 10.6 Å². The van der Waals surface area contributed by atoms with Gasteiger partial charge in [-0.3, -0.25) is 0 Å². The molecule has 9 heteroatoms. The minimum atomic E-state index is -3.52. The van der Waals surface area contributed by atoms with Crippen LogP contribution < -0.4 is 4.72 Å². The summed E-state index contributed by atoms with van der Waals surface area (Å²) in [4.78, 5) is 4.19. The van der Waals surface area contributed by atoms with Gasteiger partial charge in [0.05, 0.1) is 11.3 Å². The van der Waals surface area contributed by atoms with E-state index in [1.165, 1.54) is 24.3 Å². The molecule has 0 saturated heterocycles. The quantitative estimate of drug-likeness (QED) is 0.703. The molecule has 0 saturated carbocycles. The fourth-order valence-corrected chi connectivity index (χ4v) is 5.01. The molecule has 126 valence electrons. The summed E-state index contributed by atoms with van der Waals surface area (Å²) in [5.74, 6) is -1.34. The Balaban J connectivity index is 1.67. The Morgan fingerprint density at radius 2 is 1.83 bits per heavy atom. The molecule has 0 spiro atoms. The topological polar surface area (TPSA) is 59.1 Å². The molecule has 3 aromatic rings. The minimum Gasteiger partial charge on any atom is -0.241 e. The first kappa shape index (κ1) is 17.2. The van der Waals surface area contributed by atoms with Crippen LogP contribution in [0.3, 0.4) is 0 Å². The Kier molecular flexibility index (Phi) is 5.04. The van der Waals surface area contributed by atoms with E-state index < -0.39 is 21.7 Å². The Bertz CT molecular complexity index is 917. The van der Waals surface area contributed by atoms with Gasteiger partial charge in [0.25, 0.3) is 0 Å². The highest BCUT2D eigenvalue weighted by Gasteiger charge is 2.16. The molecule has 2 heterocycles.